The van der Waals surface area contributed by atoms with E-state index >= 15 is 0 Å². The normalized spacial score (nSPS) is 16.5. The van der Waals surface area contributed by atoms with Crippen molar-refractivity contribution in [2.75, 3.05) is 13.7 Å². The first-order chi connectivity index (χ1) is 12.6. The number of aryl methyl sites for hydroxylation is 1. The molecule has 26 heavy (non-hydrogen) atoms. The molecule has 2 aromatic rings. The van der Waals surface area contributed by atoms with E-state index in [2.05, 4.69) is 0 Å². The first-order valence-corrected chi connectivity index (χ1v) is 8.85. The summed E-state index contributed by atoms with van der Waals surface area (Å²) in [5.41, 5.74) is 2.29. The Bertz CT molecular complexity index is 785. The number of benzene rings is 2. The summed E-state index contributed by atoms with van der Waals surface area (Å²) in [6.45, 7) is 0.763. The van der Waals surface area contributed by atoms with Crippen LogP contribution in [0.25, 0.3) is 0 Å². The minimum Gasteiger partial charge on any atom is -0.496 e. The number of para-hydroxylation sites is 1. The second kappa shape index (κ2) is 8.04. The Labute approximate surface area is 153 Å². The van der Waals surface area contributed by atoms with Crippen LogP contribution < -0.4 is 4.74 Å². The lowest BCUT2D eigenvalue weighted by atomic mass is 10.0. The van der Waals surface area contributed by atoms with Crippen molar-refractivity contribution in [2.24, 2.45) is 0 Å². The first kappa shape index (κ1) is 18.0. The maximum atomic E-state index is 12.8. The molecule has 3 rings (SSSR count). The summed E-state index contributed by atoms with van der Waals surface area (Å²) >= 11 is 0. The van der Waals surface area contributed by atoms with Crippen LogP contribution in [0.1, 0.15) is 46.8 Å². The molecule has 5 heteroatoms. The number of aromatic carboxylic acids is 1. The highest BCUT2D eigenvalue weighted by atomic mass is 16.5. The van der Waals surface area contributed by atoms with E-state index in [4.69, 9.17) is 9.84 Å². The molecule has 0 spiro atoms. The van der Waals surface area contributed by atoms with Crippen molar-refractivity contribution in [3.05, 3.63) is 65.2 Å². The number of carbonyl (C=O) groups is 2. The molecule has 136 valence electrons. The van der Waals surface area contributed by atoms with Gasteiger partial charge in [0.15, 0.2) is 0 Å². The van der Waals surface area contributed by atoms with Gasteiger partial charge in [-0.05, 0) is 43.0 Å². The highest BCUT2D eigenvalue weighted by molar-refractivity contribution is 5.87. The van der Waals surface area contributed by atoms with E-state index in [1.54, 1.807) is 31.4 Å². The number of amides is 1. The Kier molecular flexibility index (Phi) is 5.56. The number of hydrogen-bond donors (Lipinski definition) is 1. The number of carboxylic acid groups (broad SMARTS) is 1. The standard InChI is InChI=1S/C21H23NO4/c1-26-19-7-3-2-5-17(19)18-6-4-14-22(18)20(23)13-10-15-8-11-16(12-9-15)21(24)25/h2-3,5,7-9,11-12,18H,4,6,10,13-14H2,1H3,(H,24,25)/t18-/m1/s1. The quantitative estimate of drug-likeness (QED) is 0.860. The zero-order chi connectivity index (χ0) is 18.5. The highest BCUT2D eigenvalue weighted by Crippen LogP contribution is 2.37. The third-order valence-electron chi connectivity index (χ3n) is 4.90. The number of carboxylic acids is 1. The molecular weight excluding hydrogens is 330 g/mol. The molecule has 1 aliphatic rings. The van der Waals surface area contributed by atoms with Gasteiger partial charge in [-0.1, -0.05) is 30.3 Å². The van der Waals surface area contributed by atoms with Gasteiger partial charge in [-0.25, -0.2) is 4.79 Å². The smallest absolute Gasteiger partial charge is 0.335 e. The van der Waals surface area contributed by atoms with E-state index in [0.29, 0.717) is 12.8 Å². The molecular formula is C21H23NO4. The average Bonchev–Trinajstić information content (AvgIpc) is 3.16. The molecule has 5 nitrogen and oxygen atoms in total. The summed E-state index contributed by atoms with van der Waals surface area (Å²) in [5, 5.41) is 8.95. The lowest BCUT2D eigenvalue weighted by molar-refractivity contribution is -0.132. The van der Waals surface area contributed by atoms with Crippen molar-refractivity contribution in [1.82, 2.24) is 4.90 Å². The SMILES string of the molecule is COc1ccccc1[C@H]1CCCN1C(=O)CCc1ccc(C(=O)O)cc1. The number of nitrogens with zero attached hydrogens (tertiary/aromatic N) is 1. The second-order valence-electron chi connectivity index (χ2n) is 6.49. The lowest BCUT2D eigenvalue weighted by Gasteiger charge is -2.26. The van der Waals surface area contributed by atoms with E-state index < -0.39 is 5.97 Å². The van der Waals surface area contributed by atoms with Gasteiger partial charge in [-0.2, -0.15) is 0 Å². The van der Waals surface area contributed by atoms with Gasteiger partial charge >= 0.3 is 5.97 Å². The molecule has 1 aliphatic heterocycles. The molecule has 0 aromatic heterocycles. The van der Waals surface area contributed by atoms with E-state index in [1.165, 1.54) is 0 Å². The number of methoxy groups -OCH3 is 1. The summed E-state index contributed by atoms with van der Waals surface area (Å²) in [7, 11) is 1.65. The van der Waals surface area contributed by atoms with Crippen LogP contribution in [0.5, 0.6) is 5.75 Å². The Morgan fingerprint density at radius 1 is 1.15 bits per heavy atom. The van der Waals surface area contributed by atoms with E-state index in [9.17, 15) is 9.59 Å². The van der Waals surface area contributed by atoms with E-state index in [1.807, 2.05) is 29.2 Å². The summed E-state index contributed by atoms with van der Waals surface area (Å²) < 4.78 is 5.46. The van der Waals surface area contributed by atoms with Crippen LogP contribution in [0.3, 0.4) is 0 Å². The van der Waals surface area contributed by atoms with Crippen LogP contribution in [0.15, 0.2) is 48.5 Å². The Morgan fingerprint density at radius 3 is 2.58 bits per heavy atom. The molecule has 1 atom stereocenters. The van der Waals surface area contributed by atoms with Gasteiger partial charge in [0.1, 0.15) is 5.75 Å². The minimum absolute atomic E-state index is 0.0630. The summed E-state index contributed by atoms with van der Waals surface area (Å²) in [5.74, 6) is 0.00604. The van der Waals surface area contributed by atoms with Crippen LogP contribution in [0.2, 0.25) is 0 Å². The number of carbonyl (C=O) groups excluding carboxylic acids is 1. The third-order valence-corrected chi connectivity index (χ3v) is 4.90. The molecule has 1 N–H and O–H groups in total. The maximum absolute atomic E-state index is 12.8. The van der Waals surface area contributed by atoms with Crippen molar-refractivity contribution < 1.29 is 19.4 Å². The zero-order valence-corrected chi connectivity index (χ0v) is 14.9. The Hall–Kier alpha value is -2.82. The van der Waals surface area contributed by atoms with Crippen LogP contribution >= 0.6 is 0 Å². The Balaban J connectivity index is 1.66. The third kappa shape index (κ3) is 3.87. The number of hydrogen-bond acceptors (Lipinski definition) is 3. The molecule has 0 saturated carbocycles. The molecule has 2 aromatic carbocycles. The Morgan fingerprint density at radius 2 is 1.88 bits per heavy atom. The number of rotatable bonds is 6. The fourth-order valence-electron chi connectivity index (χ4n) is 3.54. The highest BCUT2D eigenvalue weighted by Gasteiger charge is 2.31. The van der Waals surface area contributed by atoms with Crippen molar-refractivity contribution in [3.63, 3.8) is 0 Å². The summed E-state index contributed by atoms with van der Waals surface area (Å²) in [6.07, 6.45) is 2.95. The minimum atomic E-state index is -0.940. The van der Waals surface area contributed by atoms with Crippen molar-refractivity contribution >= 4 is 11.9 Å². The molecule has 0 unspecified atom stereocenters. The van der Waals surface area contributed by atoms with Gasteiger partial charge in [0.2, 0.25) is 5.91 Å². The molecule has 1 heterocycles. The molecule has 1 saturated heterocycles. The van der Waals surface area contributed by atoms with Crippen LogP contribution in [-0.2, 0) is 11.2 Å². The van der Waals surface area contributed by atoms with Crippen LogP contribution in [0.4, 0.5) is 0 Å². The topological polar surface area (TPSA) is 66.8 Å². The lowest BCUT2D eigenvalue weighted by Crippen LogP contribution is -2.30. The summed E-state index contributed by atoms with van der Waals surface area (Å²) in [4.78, 5) is 25.6. The predicted molar refractivity (Wildman–Crippen MR) is 98.4 cm³/mol. The molecule has 0 radical (unpaired) electrons. The van der Waals surface area contributed by atoms with Gasteiger partial charge < -0.3 is 14.7 Å². The molecule has 0 bridgehead atoms. The van der Waals surface area contributed by atoms with Gasteiger partial charge in [0, 0.05) is 18.5 Å². The van der Waals surface area contributed by atoms with Crippen molar-refractivity contribution in [2.45, 2.75) is 31.7 Å². The van der Waals surface area contributed by atoms with Gasteiger partial charge in [0.05, 0.1) is 18.7 Å². The van der Waals surface area contributed by atoms with Crippen molar-refractivity contribution in [1.29, 1.82) is 0 Å². The average molecular weight is 353 g/mol. The fourth-order valence-corrected chi connectivity index (χ4v) is 3.54. The van der Waals surface area contributed by atoms with Crippen LogP contribution in [0, 0.1) is 0 Å². The number of ether oxygens (including phenoxy) is 1. The van der Waals surface area contributed by atoms with Gasteiger partial charge in [-0.3, -0.25) is 4.79 Å². The monoisotopic (exact) mass is 353 g/mol. The molecule has 0 aliphatic carbocycles. The molecule has 1 fully saturated rings. The van der Waals surface area contributed by atoms with Gasteiger partial charge in [-0.15, -0.1) is 0 Å². The van der Waals surface area contributed by atoms with Crippen LogP contribution in [-0.4, -0.2) is 35.5 Å². The maximum Gasteiger partial charge on any atom is 0.335 e. The predicted octanol–water partition coefficient (Wildman–Crippen LogP) is 3.69. The molecule has 1 amide bonds. The summed E-state index contributed by atoms with van der Waals surface area (Å²) in [6, 6.07) is 14.6. The largest absolute Gasteiger partial charge is 0.496 e. The number of likely N-dealkylation sites (tertiary alicyclic amines) is 1. The first-order valence-electron chi connectivity index (χ1n) is 8.85. The van der Waals surface area contributed by atoms with Gasteiger partial charge in [0.25, 0.3) is 0 Å². The van der Waals surface area contributed by atoms with E-state index in [0.717, 1.165) is 36.3 Å². The van der Waals surface area contributed by atoms with Crippen molar-refractivity contribution in [3.8, 4) is 5.75 Å². The fraction of sp³-hybridized carbons (Fsp3) is 0.333. The van der Waals surface area contributed by atoms with E-state index in [-0.39, 0.29) is 17.5 Å². The second-order valence-corrected chi connectivity index (χ2v) is 6.49. The zero-order valence-electron chi connectivity index (χ0n) is 14.9.